The first-order valence-corrected chi connectivity index (χ1v) is 13.6. The van der Waals surface area contributed by atoms with E-state index in [9.17, 15) is 14.4 Å². The molecule has 0 radical (unpaired) electrons. The van der Waals surface area contributed by atoms with E-state index in [0.717, 1.165) is 44.9 Å². The van der Waals surface area contributed by atoms with Crippen molar-refractivity contribution in [2.45, 2.75) is 90.5 Å². The number of rotatable bonds is 6. The highest BCUT2D eigenvalue weighted by Gasteiger charge is 2.54. The number of ether oxygens (including phenoxy) is 1. The average Bonchev–Trinajstić information content (AvgIpc) is 3.09. The second-order valence-electron chi connectivity index (χ2n) is 10.9. The van der Waals surface area contributed by atoms with Crippen LogP contribution < -0.4 is 10.6 Å². The van der Waals surface area contributed by atoms with Crippen LogP contribution in [0.5, 0.6) is 0 Å². The van der Waals surface area contributed by atoms with Gasteiger partial charge in [-0.2, -0.15) is 0 Å². The standard InChI is InChI=1S/C26H36N2O4S/c1-3-32-24(30)21-15(2)20(22(29)27-19-7-5-4-6-8-19)23(33-21)28-25(31)26-12-16-9-17(13-26)11-18(10-16)14-26/h16-19H,3-14H2,1-2H3,(H,27,29)(H,28,31). The summed E-state index contributed by atoms with van der Waals surface area (Å²) in [6.45, 7) is 3.83. The highest BCUT2D eigenvalue weighted by Crippen LogP contribution is 2.60. The molecule has 4 bridgehead atoms. The Morgan fingerprint density at radius 1 is 1.00 bits per heavy atom. The molecule has 5 fully saturated rings. The van der Waals surface area contributed by atoms with E-state index < -0.39 is 5.97 Å². The van der Waals surface area contributed by atoms with Crippen molar-refractivity contribution in [1.29, 1.82) is 0 Å². The minimum absolute atomic E-state index is 0.0463. The number of carbonyl (C=O) groups is 3. The van der Waals surface area contributed by atoms with Crippen LogP contribution in [-0.2, 0) is 9.53 Å². The molecule has 7 heteroatoms. The molecule has 0 aliphatic heterocycles. The third-order valence-electron chi connectivity index (χ3n) is 8.52. The number of thiophene rings is 1. The molecule has 2 amide bonds. The van der Waals surface area contributed by atoms with E-state index in [0.29, 0.717) is 38.8 Å². The van der Waals surface area contributed by atoms with Gasteiger partial charge in [-0.05, 0) is 88.5 Å². The topological polar surface area (TPSA) is 84.5 Å². The molecule has 5 aliphatic carbocycles. The zero-order valence-corrected chi connectivity index (χ0v) is 20.7. The summed E-state index contributed by atoms with van der Waals surface area (Å²) in [4.78, 5) is 40.1. The fourth-order valence-electron chi connectivity index (χ4n) is 7.40. The van der Waals surface area contributed by atoms with Gasteiger partial charge in [0.2, 0.25) is 5.91 Å². The Kier molecular flexibility index (Phi) is 6.27. The summed E-state index contributed by atoms with van der Waals surface area (Å²) in [5, 5.41) is 6.83. The monoisotopic (exact) mass is 472 g/mol. The lowest BCUT2D eigenvalue weighted by molar-refractivity contribution is -0.140. The van der Waals surface area contributed by atoms with Gasteiger partial charge in [0.1, 0.15) is 9.88 Å². The van der Waals surface area contributed by atoms with Crippen LogP contribution in [0.4, 0.5) is 5.00 Å². The molecule has 6 rings (SSSR count). The van der Waals surface area contributed by atoms with Crippen molar-refractivity contribution in [3.8, 4) is 0 Å². The Morgan fingerprint density at radius 3 is 2.18 bits per heavy atom. The highest BCUT2D eigenvalue weighted by molar-refractivity contribution is 7.18. The van der Waals surface area contributed by atoms with Crippen LogP contribution in [0.2, 0.25) is 0 Å². The van der Waals surface area contributed by atoms with Gasteiger partial charge in [0.15, 0.2) is 0 Å². The molecule has 1 aromatic rings. The van der Waals surface area contributed by atoms with Gasteiger partial charge in [0.25, 0.3) is 5.91 Å². The quantitative estimate of drug-likeness (QED) is 0.539. The SMILES string of the molecule is CCOC(=O)c1sc(NC(=O)C23CC4CC(CC(C4)C2)C3)c(C(=O)NC2CCCCC2)c1C. The second kappa shape index (κ2) is 9.05. The molecule has 0 atom stereocenters. The Balaban J connectivity index is 1.41. The first-order chi connectivity index (χ1) is 15.9. The van der Waals surface area contributed by atoms with Crippen LogP contribution in [0, 0.1) is 30.1 Å². The van der Waals surface area contributed by atoms with Crippen molar-refractivity contribution in [2.75, 3.05) is 11.9 Å². The van der Waals surface area contributed by atoms with Gasteiger partial charge >= 0.3 is 5.97 Å². The first kappa shape index (κ1) is 22.9. The highest BCUT2D eigenvalue weighted by atomic mass is 32.1. The molecule has 0 saturated heterocycles. The second-order valence-corrected chi connectivity index (χ2v) is 12.0. The van der Waals surface area contributed by atoms with E-state index in [1.54, 1.807) is 13.8 Å². The molecular formula is C26H36N2O4S. The number of amides is 2. The summed E-state index contributed by atoms with van der Waals surface area (Å²) in [5.74, 6) is 1.42. The minimum atomic E-state index is -0.429. The Labute approximate surface area is 200 Å². The van der Waals surface area contributed by atoms with E-state index >= 15 is 0 Å². The number of anilines is 1. The van der Waals surface area contributed by atoms with Crippen molar-refractivity contribution in [1.82, 2.24) is 5.32 Å². The third kappa shape index (κ3) is 4.33. The summed E-state index contributed by atoms with van der Waals surface area (Å²) in [6.07, 6.45) is 12.1. The fourth-order valence-corrected chi connectivity index (χ4v) is 8.49. The lowest BCUT2D eigenvalue weighted by atomic mass is 9.49. The fraction of sp³-hybridized carbons (Fsp3) is 0.731. The number of nitrogens with one attached hydrogen (secondary N) is 2. The lowest BCUT2D eigenvalue weighted by Gasteiger charge is -2.55. The Morgan fingerprint density at radius 2 is 1.61 bits per heavy atom. The van der Waals surface area contributed by atoms with Crippen molar-refractivity contribution in [2.24, 2.45) is 23.2 Å². The first-order valence-electron chi connectivity index (χ1n) is 12.8. The van der Waals surface area contributed by atoms with Crippen molar-refractivity contribution >= 4 is 34.1 Å². The molecule has 33 heavy (non-hydrogen) atoms. The van der Waals surface area contributed by atoms with Gasteiger partial charge in [0, 0.05) is 6.04 Å². The molecule has 0 spiro atoms. The van der Waals surface area contributed by atoms with Gasteiger partial charge in [-0.25, -0.2) is 4.79 Å². The van der Waals surface area contributed by atoms with Gasteiger partial charge in [-0.3, -0.25) is 9.59 Å². The molecule has 2 N–H and O–H groups in total. The van der Waals surface area contributed by atoms with E-state index in [4.69, 9.17) is 4.74 Å². The third-order valence-corrected chi connectivity index (χ3v) is 9.71. The largest absolute Gasteiger partial charge is 0.462 e. The van der Waals surface area contributed by atoms with Crippen LogP contribution in [0.1, 0.15) is 103 Å². The zero-order valence-electron chi connectivity index (χ0n) is 19.8. The van der Waals surface area contributed by atoms with Crippen LogP contribution >= 0.6 is 11.3 Å². The molecule has 5 saturated carbocycles. The van der Waals surface area contributed by atoms with Crippen LogP contribution in [0.15, 0.2) is 0 Å². The van der Waals surface area contributed by atoms with Crippen molar-refractivity contribution in [3.63, 3.8) is 0 Å². The number of hydrogen-bond acceptors (Lipinski definition) is 5. The summed E-state index contributed by atoms with van der Waals surface area (Å²) in [5.41, 5.74) is 0.729. The predicted octanol–water partition coefficient (Wildman–Crippen LogP) is 5.45. The van der Waals surface area contributed by atoms with Gasteiger partial charge in [0.05, 0.1) is 17.6 Å². The minimum Gasteiger partial charge on any atom is -0.462 e. The summed E-state index contributed by atoms with van der Waals surface area (Å²) in [6, 6.07) is 0.156. The number of carbonyl (C=O) groups excluding carboxylic acids is 3. The van der Waals surface area contributed by atoms with E-state index in [1.807, 2.05) is 0 Å². The van der Waals surface area contributed by atoms with Crippen LogP contribution in [0.3, 0.4) is 0 Å². The van der Waals surface area contributed by atoms with Crippen LogP contribution in [-0.4, -0.2) is 30.4 Å². The maximum Gasteiger partial charge on any atom is 0.348 e. The normalized spacial score (nSPS) is 30.8. The smallest absolute Gasteiger partial charge is 0.348 e. The summed E-state index contributed by atoms with van der Waals surface area (Å²) < 4.78 is 5.24. The molecule has 1 heterocycles. The van der Waals surface area contributed by atoms with Gasteiger partial charge in [-0.15, -0.1) is 11.3 Å². The van der Waals surface area contributed by atoms with Crippen molar-refractivity contribution < 1.29 is 19.1 Å². The number of esters is 1. The van der Waals surface area contributed by atoms with Crippen molar-refractivity contribution in [3.05, 3.63) is 16.0 Å². The predicted molar refractivity (Wildman–Crippen MR) is 129 cm³/mol. The van der Waals surface area contributed by atoms with Crippen LogP contribution in [0.25, 0.3) is 0 Å². The van der Waals surface area contributed by atoms with Gasteiger partial charge in [-0.1, -0.05) is 19.3 Å². The zero-order chi connectivity index (χ0) is 23.2. The molecule has 180 valence electrons. The summed E-state index contributed by atoms with van der Waals surface area (Å²) in [7, 11) is 0. The van der Waals surface area contributed by atoms with E-state index in [-0.39, 0.29) is 29.9 Å². The van der Waals surface area contributed by atoms with Gasteiger partial charge < -0.3 is 15.4 Å². The molecule has 6 nitrogen and oxygen atoms in total. The molecule has 0 aromatic carbocycles. The Bertz CT molecular complexity index is 911. The lowest BCUT2D eigenvalue weighted by Crippen LogP contribution is -2.51. The average molecular weight is 473 g/mol. The maximum atomic E-state index is 13.7. The molecular weight excluding hydrogens is 436 g/mol. The molecule has 1 aromatic heterocycles. The number of hydrogen-bond donors (Lipinski definition) is 2. The van der Waals surface area contributed by atoms with E-state index in [1.165, 1.54) is 37.0 Å². The maximum absolute atomic E-state index is 13.7. The van der Waals surface area contributed by atoms with E-state index in [2.05, 4.69) is 10.6 Å². The molecule has 0 unspecified atom stereocenters. The Hall–Kier alpha value is -1.89. The summed E-state index contributed by atoms with van der Waals surface area (Å²) >= 11 is 1.19. The molecule has 5 aliphatic rings.